The van der Waals surface area contributed by atoms with Gasteiger partial charge in [-0.2, -0.15) is 0 Å². The van der Waals surface area contributed by atoms with Gasteiger partial charge in [0.05, 0.1) is 11.5 Å². The first-order chi connectivity index (χ1) is 8.16. The number of nitrogens with one attached hydrogen (secondary N) is 1. The molecule has 0 amide bonds. The zero-order valence-corrected chi connectivity index (χ0v) is 9.90. The molecule has 0 fully saturated rings. The lowest BCUT2D eigenvalue weighted by Crippen LogP contribution is -2.02. The zero-order valence-electron chi connectivity index (χ0n) is 9.08. The molecule has 0 unspecified atom stereocenters. The highest BCUT2D eigenvalue weighted by molar-refractivity contribution is 7.09. The summed E-state index contributed by atoms with van der Waals surface area (Å²) in [5.74, 6) is 0.614. The summed E-state index contributed by atoms with van der Waals surface area (Å²) in [6, 6.07) is 1.66. The van der Waals surface area contributed by atoms with Crippen LogP contribution in [0, 0.1) is 17.0 Å². The molecule has 0 saturated heterocycles. The number of hydrogen-bond acceptors (Lipinski definition) is 6. The number of pyridine rings is 1. The third-order valence-electron chi connectivity index (χ3n) is 2.18. The van der Waals surface area contributed by atoms with Crippen LogP contribution in [-0.2, 0) is 6.54 Å². The fraction of sp³-hybridized carbons (Fsp3) is 0.200. The van der Waals surface area contributed by atoms with Crippen LogP contribution >= 0.6 is 11.3 Å². The maximum Gasteiger partial charge on any atom is 0.290 e. The molecule has 0 aliphatic heterocycles. The van der Waals surface area contributed by atoms with Crippen LogP contribution in [0.3, 0.4) is 0 Å². The van der Waals surface area contributed by atoms with Crippen LogP contribution in [0.2, 0.25) is 0 Å². The number of hydrogen-bond donors (Lipinski definition) is 1. The number of thiazole rings is 1. The lowest BCUT2D eigenvalue weighted by molar-refractivity contribution is -0.385. The van der Waals surface area contributed by atoms with Gasteiger partial charge in [0.25, 0.3) is 5.69 Å². The highest BCUT2D eigenvalue weighted by Crippen LogP contribution is 2.19. The predicted molar refractivity (Wildman–Crippen MR) is 65.1 cm³/mol. The van der Waals surface area contributed by atoms with Gasteiger partial charge in [0.15, 0.2) is 0 Å². The van der Waals surface area contributed by atoms with Crippen LogP contribution in [0.15, 0.2) is 23.8 Å². The SMILES string of the molecule is Cc1cc(NCc2nccs2)ncc1[N+](=O)[O-]. The number of aromatic nitrogens is 2. The van der Waals surface area contributed by atoms with E-state index in [0.717, 1.165) is 5.01 Å². The van der Waals surface area contributed by atoms with Gasteiger partial charge >= 0.3 is 0 Å². The van der Waals surface area contributed by atoms with Crippen molar-refractivity contribution >= 4 is 22.8 Å². The first-order valence-electron chi connectivity index (χ1n) is 4.90. The van der Waals surface area contributed by atoms with E-state index >= 15 is 0 Å². The van der Waals surface area contributed by atoms with Crippen molar-refractivity contribution in [1.29, 1.82) is 0 Å². The van der Waals surface area contributed by atoms with Gasteiger partial charge in [-0.15, -0.1) is 11.3 Å². The molecule has 1 N–H and O–H groups in total. The van der Waals surface area contributed by atoms with Gasteiger partial charge in [-0.25, -0.2) is 9.97 Å². The molecule has 7 heteroatoms. The monoisotopic (exact) mass is 250 g/mol. The Labute approximate surface area is 102 Å². The molecule has 0 aromatic carbocycles. The molecule has 0 aliphatic carbocycles. The lowest BCUT2D eigenvalue weighted by Gasteiger charge is -2.04. The van der Waals surface area contributed by atoms with E-state index in [1.54, 1.807) is 30.5 Å². The zero-order chi connectivity index (χ0) is 12.3. The normalized spacial score (nSPS) is 10.2. The van der Waals surface area contributed by atoms with Gasteiger partial charge in [0, 0.05) is 17.1 Å². The third kappa shape index (κ3) is 2.76. The minimum atomic E-state index is -0.438. The number of aryl methyl sites for hydroxylation is 1. The summed E-state index contributed by atoms with van der Waals surface area (Å²) in [6.07, 6.45) is 3.00. The van der Waals surface area contributed by atoms with Crippen molar-refractivity contribution < 1.29 is 4.92 Å². The maximum atomic E-state index is 10.6. The minimum Gasteiger partial charge on any atom is -0.364 e. The van der Waals surface area contributed by atoms with Crippen molar-refractivity contribution in [3.8, 4) is 0 Å². The van der Waals surface area contributed by atoms with Crippen LogP contribution in [0.1, 0.15) is 10.6 Å². The van der Waals surface area contributed by atoms with Gasteiger partial charge in [0.2, 0.25) is 0 Å². The second kappa shape index (κ2) is 4.88. The molecule has 2 heterocycles. The highest BCUT2D eigenvalue weighted by Gasteiger charge is 2.11. The summed E-state index contributed by atoms with van der Waals surface area (Å²) in [6.45, 7) is 2.26. The fourth-order valence-electron chi connectivity index (χ4n) is 1.34. The summed E-state index contributed by atoms with van der Waals surface area (Å²) in [5, 5.41) is 16.5. The first-order valence-corrected chi connectivity index (χ1v) is 5.78. The van der Waals surface area contributed by atoms with Crippen LogP contribution in [0.25, 0.3) is 0 Å². The standard InChI is InChI=1S/C10H10N4O2S/c1-7-4-9(12-5-8(7)14(15)16)13-6-10-11-2-3-17-10/h2-5H,6H2,1H3,(H,12,13). The maximum absolute atomic E-state index is 10.6. The van der Waals surface area contributed by atoms with E-state index in [0.29, 0.717) is 17.9 Å². The Morgan fingerprint density at radius 1 is 1.53 bits per heavy atom. The molecule has 0 saturated carbocycles. The molecule has 6 nitrogen and oxygen atoms in total. The Morgan fingerprint density at radius 3 is 2.94 bits per heavy atom. The van der Waals surface area contributed by atoms with Crippen molar-refractivity contribution in [3.05, 3.63) is 44.5 Å². The number of rotatable bonds is 4. The van der Waals surface area contributed by atoms with Gasteiger partial charge in [0.1, 0.15) is 17.0 Å². The van der Waals surface area contributed by atoms with Crippen LogP contribution in [-0.4, -0.2) is 14.9 Å². The number of anilines is 1. The predicted octanol–water partition coefficient (Wildman–Crippen LogP) is 2.37. The van der Waals surface area contributed by atoms with E-state index in [1.807, 2.05) is 5.38 Å². The van der Waals surface area contributed by atoms with Crippen molar-refractivity contribution in [2.24, 2.45) is 0 Å². The second-order valence-electron chi connectivity index (χ2n) is 3.39. The smallest absolute Gasteiger partial charge is 0.290 e. The van der Waals surface area contributed by atoms with E-state index in [-0.39, 0.29) is 5.69 Å². The number of nitro groups is 1. The van der Waals surface area contributed by atoms with E-state index in [1.165, 1.54) is 6.20 Å². The molecule has 0 radical (unpaired) electrons. The molecule has 0 bridgehead atoms. The Morgan fingerprint density at radius 2 is 2.35 bits per heavy atom. The Balaban J connectivity index is 2.07. The largest absolute Gasteiger partial charge is 0.364 e. The van der Waals surface area contributed by atoms with Crippen molar-refractivity contribution in [2.75, 3.05) is 5.32 Å². The van der Waals surface area contributed by atoms with Crippen molar-refractivity contribution in [1.82, 2.24) is 9.97 Å². The molecule has 0 spiro atoms. The van der Waals surface area contributed by atoms with E-state index < -0.39 is 4.92 Å². The average molecular weight is 250 g/mol. The summed E-state index contributed by atoms with van der Waals surface area (Å²) in [4.78, 5) is 18.3. The molecule has 0 aliphatic rings. The average Bonchev–Trinajstić information content (AvgIpc) is 2.78. The lowest BCUT2D eigenvalue weighted by atomic mass is 10.2. The Kier molecular flexibility index (Phi) is 3.29. The van der Waals surface area contributed by atoms with E-state index in [9.17, 15) is 10.1 Å². The molecule has 17 heavy (non-hydrogen) atoms. The van der Waals surface area contributed by atoms with Gasteiger partial charge in [-0.05, 0) is 13.0 Å². The summed E-state index contributed by atoms with van der Waals surface area (Å²) in [5.41, 5.74) is 0.622. The summed E-state index contributed by atoms with van der Waals surface area (Å²) in [7, 11) is 0. The highest BCUT2D eigenvalue weighted by atomic mass is 32.1. The van der Waals surface area contributed by atoms with Crippen molar-refractivity contribution in [3.63, 3.8) is 0 Å². The molecule has 2 aromatic heterocycles. The van der Waals surface area contributed by atoms with Gasteiger partial charge < -0.3 is 5.32 Å². The van der Waals surface area contributed by atoms with Crippen LogP contribution < -0.4 is 5.32 Å². The van der Waals surface area contributed by atoms with Crippen LogP contribution in [0.5, 0.6) is 0 Å². The van der Waals surface area contributed by atoms with Crippen LogP contribution in [0.4, 0.5) is 11.5 Å². The van der Waals surface area contributed by atoms with E-state index in [4.69, 9.17) is 0 Å². The Hall–Kier alpha value is -2.02. The summed E-state index contributed by atoms with van der Waals surface area (Å²) >= 11 is 1.54. The molecule has 88 valence electrons. The minimum absolute atomic E-state index is 0.0322. The Bertz CT molecular complexity index is 527. The fourth-order valence-corrected chi connectivity index (χ4v) is 1.90. The molecular weight excluding hydrogens is 240 g/mol. The topological polar surface area (TPSA) is 81.0 Å². The van der Waals surface area contributed by atoms with E-state index in [2.05, 4.69) is 15.3 Å². The molecular formula is C10H10N4O2S. The first kappa shape index (κ1) is 11.5. The molecule has 2 aromatic rings. The van der Waals surface area contributed by atoms with Gasteiger partial charge in [-0.1, -0.05) is 0 Å². The molecule has 0 atom stereocenters. The second-order valence-corrected chi connectivity index (χ2v) is 4.37. The quantitative estimate of drug-likeness (QED) is 0.665. The van der Waals surface area contributed by atoms with Crippen molar-refractivity contribution in [2.45, 2.75) is 13.5 Å². The number of nitrogens with zero attached hydrogens (tertiary/aromatic N) is 3. The summed E-state index contributed by atoms with van der Waals surface area (Å²) < 4.78 is 0. The third-order valence-corrected chi connectivity index (χ3v) is 2.96. The van der Waals surface area contributed by atoms with Gasteiger partial charge in [-0.3, -0.25) is 10.1 Å². The molecule has 2 rings (SSSR count).